The van der Waals surface area contributed by atoms with Crippen molar-refractivity contribution in [1.29, 1.82) is 0 Å². The van der Waals surface area contributed by atoms with Crippen molar-refractivity contribution in [2.75, 3.05) is 26.7 Å². The van der Waals surface area contributed by atoms with Gasteiger partial charge in [0.2, 0.25) is 0 Å². The zero-order chi connectivity index (χ0) is 27.1. The number of amides is 2. The fourth-order valence-electron chi connectivity index (χ4n) is 5.37. The number of likely N-dealkylation sites (tertiary alicyclic amines) is 1. The molecule has 0 saturated carbocycles. The number of nitrogens with zero attached hydrogens (tertiary/aromatic N) is 1. The van der Waals surface area contributed by atoms with E-state index in [2.05, 4.69) is 10.6 Å². The molecule has 2 atom stereocenters. The Balaban J connectivity index is 1.64. The predicted octanol–water partition coefficient (Wildman–Crippen LogP) is 5.06. The van der Waals surface area contributed by atoms with Crippen molar-refractivity contribution in [3.8, 4) is 10.4 Å². The standard InChI is InChI=1S/C29H34FN3O4S/c1-31-18-20-10-12-21(13-11-20)27(34)33-16-3-6-22(19-33)29(37,14-5-15-32-28(35)36)23-7-2-8-24(30)26(23)25-9-4-17-38-25/h2,4,7-13,17,22,31-32,37H,3,5-6,14-16,18-19H2,1H3,(H,35,36). The van der Waals surface area contributed by atoms with E-state index < -0.39 is 17.5 Å². The summed E-state index contributed by atoms with van der Waals surface area (Å²) in [6.45, 7) is 1.77. The monoisotopic (exact) mass is 539 g/mol. The number of piperidine rings is 1. The molecule has 0 bridgehead atoms. The van der Waals surface area contributed by atoms with Crippen molar-refractivity contribution < 1.29 is 24.2 Å². The third-order valence-electron chi connectivity index (χ3n) is 7.22. The van der Waals surface area contributed by atoms with E-state index in [1.54, 1.807) is 17.0 Å². The van der Waals surface area contributed by atoms with Crippen molar-refractivity contribution in [2.45, 2.75) is 37.8 Å². The van der Waals surface area contributed by atoms with E-state index in [-0.39, 0.29) is 24.8 Å². The molecular formula is C29H34FN3O4S. The maximum atomic E-state index is 15.3. The van der Waals surface area contributed by atoms with Gasteiger partial charge in [0.25, 0.3) is 5.91 Å². The maximum absolute atomic E-state index is 15.3. The number of hydrogen-bond donors (Lipinski definition) is 4. The highest BCUT2D eigenvalue weighted by atomic mass is 32.1. The molecule has 1 fully saturated rings. The number of benzene rings is 2. The smallest absolute Gasteiger partial charge is 0.404 e. The summed E-state index contributed by atoms with van der Waals surface area (Å²) in [6.07, 6.45) is 0.816. The molecule has 0 radical (unpaired) electrons. The number of carbonyl (C=O) groups excluding carboxylic acids is 1. The molecule has 3 aromatic rings. The van der Waals surface area contributed by atoms with Crippen LogP contribution in [-0.2, 0) is 12.1 Å². The van der Waals surface area contributed by atoms with E-state index in [0.717, 1.165) is 5.56 Å². The number of thiophene rings is 1. The SMILES string of the molecule is CNCc1ccc(C(=O)N2CCCC(C(O)(CCCNC(=O)O)c3cccc(F)c3-c3cccs3)C2)cc1. The van der Waals surface area contributed by atoms with Crippen molar-refractivity contribution >= 4 is 23.3 Å². The highest BCUT2D eigenvalue weighted by molar-refractivity contribution is 7.13. The Kier molecular flexibility index (Phi) is 9.14. The number of rotatable bonds is 10. The topological polar surface area (TPSA) is 102 Å². The first-order chi connectivity index (χ1) is 18.3. The molecule has 1 saturated heterocycles. The van der Waals surface area contributed by atoms with Crippen LogP contribution >= 0.6 is 11.3 Å². The Morgan fingerprint density at radius 1 is 1.16 bits per heavy atom. The molecule has 4 N–H and O–H groups in total. The minimum atomic E-state index is -1.46. The number of hydrogen-bond acceptors (Lipinski definition) is 5. The first-order valence-corrected chi connectivity index (χ1v) is 13.8. The molecule has 2 heterocycles. The summed E-state index contributed by atoms with van der Waals surface area (Å²) < 4.78 is 15.3. The third-order valence-corrected chi connectivity index (χ3v) is 8.11. The maximum Gasteiger partial charge on any atom is 0.404 e. The van der Waals surface area contributed by atoms with Gasteiger partial charge in [0.05, 0.1) is 5.60 Å². The van der Waals surface area contributed by atoms with Gasteiger partial charge in [-0.1, -0.05) is 30.3 Å². The minimum Gasteiger partial charge on any atom is -0.465 e. The number of aliphatic hydroxyl groups is 1. The second-order valence-corrected chi connectivity index (χ2v) is 10.7. The Bertz CT molecular complexity index is 1240. The van der Waals surface area contributed by atoms with Crippen LogP contribution in [0, 0.1) is 11.7 Å². The van der Waals surface area contributed by atoms with E-state index in [4.69, 9.17) is 5.11 Å². The zero-order valence-corrected chi connectivity index (χ0v) is 22.3. The summed E-state index contributed by atoms with van der Waals surface area (Å²) >= 11 is 1.40. The van der Waals surface area contributed by atoms with Crippen LogP contribution < -0.4 is 10.6 Å². The van der Waals surface area contributed by atoms with E-state index >= 15 is 4.39 Å². The number of nitrogens with one attached hydrogen (secondary N) is 2. The van der Waals surface area contributed by atoms with E-state index in [9.17, 15) is 14.7 Å². The van der Waals surface area contributed by atoms with Crippen molar-refractivity contribution in [3.63, 3.8) is 0 Å². The summed E-state index contributed by atoms with van der Waals surface area (Å²) in [5.41, 5.74) is 1.05. The van der Waals surface area contributed by atoms with Gasteiger partial charge < -0.3 is 25.7 Å². The third kappa shape index (κ3) is 6.23. The Morgan fingerprint density at radius 3 is 2.63 bits per heavy atom. The lowest BCUT2D eigenvalue weighted by Gasteiger charge is -2.43. The summed E-state index contributed by atoms with van der Waals surface area (Å²) in [5.74, 6) is -0.870. The second kappa shape index (κ2) is 12.5. The van der Waals surface area contributed by atoms with Crippen molar-refractivity contribution in [3.05, 3.63) is 82.5 Å². The van der Waals surface area contributed by atoms with Gasteiger partial charge in [-0.15, -0.1) is 11.3 Å². The van der Waals surface area contributed by atoms with E-state index in [1.807, 2.05) is 48.8 Å². The molecule has 4 rings (SSSR count). The van der Waals surface area contributed by atoms with Gasteiger partial charge in [0.15, 0.2) is 0 Å². The van der Waals surface area contributed by atoms with Crippen LogP contribution in [-0.4, -0.2) is 53.8 Å². The van der Waals surface area contributed by atoms with Gasteiger partial charge in [-0.05, 0) is 73.5 Å². The molecule has 0 aliphatic carbocycles. The second-order valence-electron chi connectivity index (χ2n) is 9.72. The molecule has 7 nitrogen and oxygen atoms in total. The van der Waals surface area contributed by atoms with Crippen molar-refractivity contribution in [1.82, 2.24) is 15.5 Å². The molecule has 9 heteroatoms. The van der Waals surface area contributed by atoms with Crippen LogP contribution in [0.25, 0.3) is 10.4 Å². The minimum absolute atomic E-state index is 0.0988. The van der Waals surface area contributed by atoms with Gasteiger partial charge >= 0.3 is 6.09 Å². The largest absolute Gasteiger partial charge is 0.465 e. The highest BCUT2D eigenvalue weighted by Gasteiger charge is 2.43. The van der Waals surface area contributed by atoms with Crippen LogP contribution in [0.2, 0.25) is 0 Å². The molecule has 2 amide bonds. The molecule has 0 spiro atoms. The molecule has 2 aromatic carbocycles. The van der Waals surface area contributed by atoms with E-state index in [0.29, 0.717) is 60.5 Å². The predicted molar refractivity (Wildman–Crippen MR) is 147 cm³/mol. The molecule has 1 aromatic heterocycles. The van der Waals surface area contributed by atoms with Gasteiger partial charge in [0.1, 0.15) is 5.82 Å². The van der Waals surface area contributed by atoms with Crippen LogP contribution in [0.5, 0.6) is 0 Å². The Labute approximate surface area is 226 Å². The molecule has 1 aliphatic heterocycles. The quantitative estimate of drug-likeness (QED) is 0.270. The van der Waals surface area contributed by atoms with Gasteiger partial charge in [-0.2, -0.15) is 0 Å². The van der Waals surface area contributed by atoms with Crippen molar-refractivity contribution in [2.24, 2.45) is 5.92 Å². The van der Waals surface area contributed by atoms with Crippen LogP contribution in [0.1, 0.15) is 47.2 Å². The number of carboxylic acid groups (broad SMARTS) is 1. The molecule has 2 unspecified atom stereocenters. The lowest BCUT2D eigenvalue weighted by Crippen LogP contribution is -2.48. The lowest BCUT2D eigenvalue weighted by atomic mass is 9.72. The molecule has 38 heavy (non-hydrogen) atoms. The van der Waals surface area contributed by atoms with Gasteiger partial charge in [0, 0.05) is 48.1 Å². The normalized spacial score (nSPS) is 17.1. The molecule has 202 valence electrons. The fourth-order valence-corrected chi connectivity index (χ4v) is 6.16. The van der Waals surface area contributed by atoms with Crippen LogP contribution in [0.3, 0.4) is 0 Å². The molecule has 1 aliphatic rings. The van der Waals surface area contributed by atoms with Gasteiger partial charge in [-0.3, -0.25) is 4.79 Å². The first kappa shape index (κ1) is 27.8. The summed E-state index contributed by atoms with van der Waals surface area (Å²) in [5, 5.41) is 28.7. The molecular weight excluding hydrogens is 505 g/mol. The van der Waals surface area contributed by atoms with E-state index in [1.165, 1.54) is 17.4 Å². The zero-order valence-electron chi connectivity index (χ0n) is 21.5. The van der Waals surface area contributed by atoms with Gasteiger partial charge in [-0.25, -0.2) is 9.18 Å². The van der Waals surface area contributed by atoms with Crippen LogP contribution in [0.4, 0.5) is 9.18 Å². The Hall–Kier alpha value is -3.27. The number of carbonyl (C=O) groups is 2. The lowest BCUT2D eigenvalue weighted by molar-refractivity contribution is -0.0564. The highest BCUT2D eigenvalue weighted by Crippen LogP contribution is 2.45. The fraction of sp³-hybridized carbons (Fsp3) is 0.379. The summed E-state index contributed by atoms with van der Waals surface area (Å²) in [4.78, 5) is 26.9. The van der Waals surface area contributed by atoms with Crippen LogP contribution in [0.15, 0.2) is 60.0 Å². The summed E-state index contributed by atoms with van der Waals surface area (Å²) in [7, 11) is 1.87. The average molecular weight is 540 g/mol. The first-order valence-electron chi connectivity index (χ1n) is 12.9. The summed E-state index contributed by atoms with van der Waals surface area (Å²) in [6, 6.07) is 15.9. The average Bonchev–Trinajstić information content (AvgIpc) is 3.46. The Morgan fingerprint density at radius 2 is 1.95 bits per heavy atom. The number of halogens is 1.